The molecule has 9 nitrogen and oxygen atoms in total. The van der Waals surface area contributed by atoms with Crippen LogP contribution in [0, 0.1) is 0 Å². The van der Waals surface area contributed by atoms with E-state index in [4.69, 9.17) is 15.6 Å². The minimum atomic E-state index is -0.256. The third kappa shape index (κ3) is 4.01. The Morgan fingerprint density at radius 2 is 1.88 bits per heavy atom. The number of nitrogens with one attached hydrogen (secondary N) is 1. The lowest BCUT2D eigenvalue weighted by Crippen LogP contribution is -2.50. The highest BCUT2D eigenvalue weighted by atomic mass is 16.5. The number of anilines is 1. The molecule has 0 saturated carbocycles. The van der Waals surface area contributed by atoms with Gasteiger partial charge in [-0.25, -0.2) is 14.6 Å². The molecule has 2 aromatic heterocycles. The quantitative estimate of drug-likeness (QED) is 0.458. The molecule has 1 fully saturated rings. The molecule has 0 aliphatic carbocycles. The van der Waals surface area contributed by atoms with Crippen LogP contribution in [0.15, 0.2) is 73.6 Å². The Labute approximate surface area is 190 Å². The first kappa shape index (κ1) is 20.7. The standard InChI is InChI=1S/C24H23N7O2/c1-2-20(32)30-13-12-26-19(14-30)31-24-21(23(25)27-15-28-24)22(29-31)16-8-10-18(11-9-16)33-17-6-4-3-5-7-17/h2-11,15,19,26H,1,12-14H2,(H2,25,27,28)/t19-/m1/s1. The van der Waals surface area contributed by atoms with Gasteiger partial charge < -0.3 is 15.4 Å². The van der Waals surface area contributed by atoms with E-state index in [1.54, 1.807) is 9.58 Å². The first-order chi connectivity index (χ1) is 16.1. The molecule has 33 heavy (non-hydrogen) atoms. The van der Waals surface area contributed by atoms with Gasteiger partial charge in [-0.1, -0.05) is 24.8 Å². The average molecular weight is 441 g/mol. The summed E-state index contributed by atoms with van der Waals surface area (Å²) < 4.78 is 7.67. The maximum atomic E-state index is 12.1. The van der Waals surface area contributed by atoms with Crippen molar-refractivity contribution in [2.24, 2.45) is 0 Å². The fraction of sp³-hybridized carbons (Fsp3) is 0.167. The molecule has 0 spiro atoms. The second-order valence-electron chi connectivity index (χ2n) is 7.65. The fourth-order valence-corrected chi connectivity index (χ4v) is 3.94. The summed E-state index contributed by atoms with van der Waals surface area (Å²) in [5.74, 6) is 1.71. The molecule has 9 heteroatoms. The predicted octanol–water partition coefficient (Wildman–Crippen LogP) is 2.98. The lowest BCUT2D eigenvalue weighted by molar-refractivity contribution is -0.127. The number of carbonyl (C=O) groups excluding carboxylic acids is 1. The lowest BCUT2D eigenvalue weighted by Gasteiger charge is -2.33. The van der Waals surface area contributed by atoms with Gasteiger partial charge in [0.15, 0.2) is 5.65 Å². The lowest BCUT2D eigenvalue weighted by atomic mass is 10.1. The van der Waals surface area contributed by atoms with Crippen LogP contribution in [0.1, 0.15) is 6.17 Å². The van der Waals surface area contributed by atoms with Gasteiger partial charge in [0.2, 0.25) is 5.91 Å². The van der Waals surface area contributed by atoms with E-state index in [0.29, 0.717) is 47.9 Å². The second-order valence-corrected chi connectivity index (χ2v) is 7.65. The number of rotatable bonds is 5. The molecule has 1 amide bonds. The van der Waals surface area contributed by atoms with E-state index in [0.717, 1.165) is 11.3 Å². The average Bonchev–Trinajstić information content (AvgIpc) is 3.26. The molecule has 3 N–H and O–H groups in total. The SMILES string of the molecule is C=CC(=O)N1CCN[C@H](n2nc(-c3ccc(Oc4ccccc4)cc3)c3c(N)ncnc32)C1. The number of amides is 1. The van der Waals surface area contributed by atoms with Crippen LogP contribution in [0.5, 0.6) is 11.5 Å². The van der Waals surface area contributed by atoms with E-state index >= 15 is 0 Å². The largest absolute Gasteiger partial charge is 0.457 e. The van der Waals surface area contributed by atoms with Crippen molar-refractivity contribution in [1.82, 2.24) is 30.0 Å². The van der Waals surface area contributed by atoms with Crippen LogP contribution in [-0.2, 0) is 4.79 Å². The maximum Gasteiger partial charge on any atom is 0.246 e. The van der Waals surface area contributed by atoms with Crippen molar-refractivity contribution in [2.75, 3.05) is 25.4 Å². The van der Waals surface area contributed by atoms with Crippen molar-refractivity contribution in [3.05, 3.63) is 73.6 Å². The molecule has 0 unspecified atom stereocenters. The Balaban J connectivity index is 1.50. The summed E-state index contributed by atoms with van der Waals surface area (Å²) in [4.78, 5) is 22.5. The summed E-state index contributed by atoms with van der Waals surface area (Å²) in [6.07, 6.45) is 2.49. The van der Waals surface area contributed by atoms with E-state index < -0.39 is 0 Å². The summed E-state index contributed by atoms with van der Waals surface area (Å²) in [6, 6.07) is 17.2. The zero-order valence-electron chi connectivity index (χ0n) is 17.9. The van der Waals surface area contributed by atoms with Gasteiger partial charge >= 0.3 is 0 Å². The number of nitrogens with two attached hydrogens (primary N) is 1. The Bertz CT molecular complexity index is 1300. The molecule has 1 aliphatic rings. The van der Waals surface area contributed by atoms with E-state index in [1.165, 1.54) is 12.4 Å². The third-order valence-corrected chi connectivity index (χ3v) is 5.56. The molecule has 1 saturated heterocycles. The maximum absolute atomic E-state index is 12.1. The van der Waals surface area contributed by atoms with E-state index in [1.807, 2.05) is 54.6 Å². The summed E-state index contributed by atoms with van der Waals surface area (Å²) in [5.41, 5.74) is 8.37. The number of nitrogen functional groups attached to an aromatic ring is 1. The topological polar surface area (TPSA) is 111 Å². The number of piperazine rings is 1. The molecule has 3 heterocycles. The predicted molar refractivity (Wildman–Crippen MR) is 126 cm³/mol. The molecule has 2 aromatic carbocycles. The Morgan fingerprint density at radius 3 is 2.64 bits per heavy atom. The molecule has 1 atom stereocenters. The van der Waals surface area contributed by atoms with Crippen molar-refractivity contribution in [3.63, 3.8) is 0 Å². The highest BCUT2D eigenvalue weighted by molar-refractivity contribution is 5.98. The van der Waals surface area contributed by atoms with Gasteiger partial charge in [-0.15, -0.1) is 0 Å². The van der Waals surface area contributed by atoms with Gasteiger partial charge in [-0.3, -0.25) is 10.1 Å². The van der Waals surface area contributed by atoms with Crippen LogP contribution >= 0.6 is 0 Å². The molecule has 0 bridgehead atoms. The van der Waals surface area contributed by atoms with Gasteiger partial charge in [0, 0.05) is 18.7 Å². The molecular formula is C24H23N7O2. The zero-order valence-corrected chi connectivity index (χ0v) is 17.9. The van der Waals surface area contributed by atoms with E-state index in [-0.39, 0.29) is 12.1 Å². The number of hydrogen-bond acceptors (Lipinski definition) is 7. The molecular weight excluding hydrogens is 418 g/mol. The molecule has 4 aromatic rings. The minimum Gasteiger partial charge on any atom is -0.457 e. The summed E-state index contributed by atoms with van der Waals surface area (Å²) >= 11 is 0. The van der Waals surface area contributed by atoms with Crippen LogP contribution in [0.3, 0.4) is 0 Å². The van der Waals surface area contributed by atoms with Crippen molar-refractivity contribution in [2.45, 2.75) is 6.17 Å². The van der Waals surface area contributed by atoms with Crippen LogP contribution in [0.2, 0.25) is 0 Å². The highest BCUT2D eigenvalue weighted by Crippen LogP contribution is 2.33. The Kier molecular flexibility index (Phi) is 5.45. The third-order valence-electron chi connectivity index (χ3n) is 5.56. The molecule has 5 rings (SSSR count). The second kappa shape index (κ2) is 8.71. The van der Waals surface area contributed by atoms with Crippen molar-refractivity contribution < 1.29 is 9.53 Å². The number of carbonyl (C=O) groups is 1. The number of aromatic nitrogens is 4. The van der Waals surface area contributed by atoms with E-state index in [9.17, 15) is 4.79 Å². The van der Waals surface area contributed by atoms with Crippen LogP contribution in [0.25, 0.3) is 22.3 Å². The first-order valence-electron chi connectivity index (χ1n) is 10.6. The smallest absolute Gasteiger partial charge is 0.246 e. The highest BCUT2D eigenvalue weighted by Gasteiger charge is 2.27. The van der Waals surface area contributed by atoms with Gasteiger partial charge in [0.05, 0.1) is 11.9 Å². The molecule has 1 aliphatic heterocycles. The van der Waals surface area contributed by atoms with Crippen molar-refractivity contribution in [1.29, 1.82) is 0 Å². The zero-order chi connectivity index (χ0) is 22.8. The summed E-state index contributed by atoms with van der Waals surface area (Å²) in [5, 5.41) is 8.92. The number of ether oxygens (including phenoxy) is 1. The monoisotopic (exact) mass is 441 g/mol. The normalized spacial score (nSPS) is 16.0. The van der Waals surface area contributed by atoms with Crippen LogP contribution < -0.4 is 15.8 Å². The van der Waals surface area contributed by atoms with Crippen molar-refractivity contribution >= 4 is 22.8 Å². The first-order valence-corrected chi connectivity index (χ1v) is 10.6. The number of para-hydroxylation sites is 1. The van der Waals surface area contributed by atoms with Gasteiger partial charge in [-0.05, 0) is 42.5 Å². The van der Waals surface area contributed by atoms with Crippen LogP contribution in [-0.4, -0.2) is 50.2 Å². The minimum absolute atomic E-state index is 0.110. The number of hydrogen-bond donors (Lipinski definition) is 2. The fourth-order valence-electron chi connectivity index (χ4n) is 3.94. The Morgan fingerprint density at radius 1 is 1.12 bits per heavy atom. The summed E-state index contributed by atoms with van der Waals surface area (Å²) in [7, 11) is 0. The molecule has 0 radical (unpaired) electrons. The van der Waals surface area contributed by atoms with Crippen molar-refractivity contribution in [3.8, 4) is 22.8 Å². The number of nitrogens with zero attached hydrogens (tertiary/aromatic N) is 5. The van der Waals surface area contributed by atoms with Gasteiger partial charge in [-0.2, -0.15) is 5.10 Å². The van der Waals surface area contributed by atoms with Crippen LogP contribution in [0.4, 0.5) is 5.82 Å². The summed E-state index contributed by atoms with van der Waals surface area (Å²) in [6.45, 7) is 5.27. The van der Waals surface area contributed by atoms with E-state index in [2.05, 4.69) is 21.9 Å². The van der Waals surface area contributed by atoms with Gasteiger partial charge in [0.1, 0.15) is 35.5 Å². The number of benzene rings is 2. The van der Waals surface area contributed by atoms with Gasteiger partial charge in [0.25, 0.3) is 0 Å². The Hall–Kier alpha value is -4.24. The number of fused-ring (bicyclic) bond motifs is 1. The molecule has 166 valence electrons.